The number of nitrogens with one attached hydrogen (secondary N) is 1. The summed E-state index contributed by atoms with van der Waals surface area (Å²) in [6.07, 6.45) is 4.70. The lowest BCUT2D eigenvalue weighted by atomic mass is 9.66. The van der Waals surface area contributed by atoms with Gasteiger partial charge in [0, 0.05) is 54.7 Å². The number of amides is 2. The number of fused-ring (bicyclic) bond motifs is 1. The number of carbonyl (C=O) groups excluding carboxylic acids is 2. The third-order valence-electron chi connectivity index (χ3n) is 8.44. The van der Waals surface area contributed by atoms with Crippen LogP contribution in [-0.2, 0) is 21.7 Å². The van der Waals surface area contributed by atoms with Gasteiger partial charge in [-0.25, -0.2) is 0 Å². The highest BCUT2D eigenvalue weighted by molar-refractivity contribution is 6.01. The fourth-order valence-corrected chi connectivity index (χ4v) is 6.11. The highest BCUT2D eigenvalue weighted by Gasteiger charge is 2.48. The van der Waals surface area contributed by atoms with Crippen molar-refractivity contribution in [1.82, 2.24) is 20.4 Å². The minimum Gasteiger partial charge on any atom is -0.385 e. The van der Waals surface area contributed by atoms with Gasteiger partial charge in [0.1, 0.15) is 12.0 Å². The molecule has 0 saturated carbocycles. The molecule has 2 aromatic heterocycles. The molecule has 0 aliphatic carbocycles. The summed E-state index contributed by atoms with van der Waals surface area (Å²) in [7, 11) is 0. The molecule has 200 valence electrons. The number of imide groups is 1. The van der Waals surface area contributed by atoms with Crippen molar-refractivity contribution >= 4 is 22.7 Å². The molecular weight excluding hydrogens is 492 g/mol. The maximum absolute atomic E-state index is 12.4. The molecule has 4 heterocycles. The summed E-state index contributed by atoms with van der Waals surface area (Å²) in [4.78, 5) is 31.0. The predicted molar refractivity (Wildman–Crippen MR) is 146 cm³/mol. The number of hydrogen-bond acceptors (Lipinski definition) is 7. The van der Waals surface area contributed by atoms with Crippen molar-refractivity contribution < 1.29 is 19.2 Å². The van der Waals surface area contributed by atoms with Crippen LogP contribution < -0.4 is 5.32 Å². The lowest BCUT2D eigenvalue weighted by Crippen LogP contribution is -2.55. The molecule has 8 heteroatoms. The van der Waals surface area contributed by atoms with Gasteiger partial charge in [-0.05, 0) is 47.7 Å². The van der Waals surface area contributed by atoms with Crippen LogP contribution in [0.25, 0.3) is 22.2 Å². The Morgan fingerprint density at radius 2 is 1.92 bits per heavy atom. The van der Waals surface area contributed by atoms with E-state index in [4.69, 9.17) is 4.52 Å². The van der Waals surface area contributed by atoms with Crippen LogP contribution in [0.5, 0.6) is 0 Å². The van der Waals surface area contributed by atoms with Gasteiger partial charge in [-0.3, -0.25) is 24.8 Å². The van der Waals surface area contributed by atoms with Crippen molar-refractivity contribution in [2.75, 3.05) is 13.1 Å². The molecular formula is C31H32N4O4. The zero-order valence-corrected chi connectivity index (χ0v) is 22.2. The Morgan fingerprint density at radius 1 is 1.10 bits per heavy atom. The second-order valence-electron chi connectivity index (χ2n) is 11.5. The fraction of sp³-hybridized carbons (Fsp3) is 0.355. The maximum Gasteiger partial charge on any atom is 0.234 e. The van der Waals surface area contributed by atoms with Gasteiger partial charge in [-0.2, -0.15) is 0 Å². The minimum absolute atomic E-state index is 0.230. The number of pyridine rings is 1. The van der Waals surface area contributed by atoms with E-state index in [0.29, 0.717) is 19.3 Å². The predicted octanol–water partition coefficient (Wildman–Crippen LogP) is 4.53. The first-order valence-corrected chi connectivity index (χ1v) is 13.4. The molecule has 2 atom stereocenters. The van der Waals surface area contributed by atoms with Gasteiger partial charge < -0.3 is 9.63 Å². The second-order valence-corrected chi connectivity index (χ2v) is 11.5. The Bertz CT molecular complexity index is 1530. The lowest BCUT2D eigenvalue weighted by Gasteiger charge is -2.50. The number of piperidine rings is 2. The topological polar surface area (TPSA) is 109 Å². The van der Waals surface area contributed by atoms with Crippen LogP contribution in [-0.4, -0.2) is 45.1 Å². The summed E-state index contributed by atoms with van der Waals surface area (Å²) in [5.41, 5.74) is 4.09. The van der Waals surface area contributed by atoms with Crippen LogP contribution in [0.3, 0.4) is 0 Å². The Balaban J connectivity index is 1.20. The summed E-state index contributed by atoms with van der Waals surface area (Å²) in [5.74, 6) is -0.897. The summed E-state index contributed by atoms with van der Waals surface area (Å²) >= 11 is 0. The molecule has 2 fully saturated rings. The number of likely N-dealkylation sites (tertiary alicyclic amines) is 1. The summed E-state index contributed by atoms with van der Waals surface area (Å²) < 4.78 is 4.95. The van der Waals surface area contributed by atoms with Crippen molar-refractivity contribution in [3.63, 3.8) is 0 Å². The smallest absolute Gasteiger partial charge is 0.234 e. The molecule has 8 nitrogen and oxygen atoms in total. The average Bonchev–Trinajstić information content (AvgIpc) is 3.46. The van der Waals surface area contributed by atoms with Gasteiger partial charge in [0.15, 0.2) is 0 Å². The highest BCUT2D eigenvalue weighted by atomic mass is 16.5. The molecule has 0 radical (unpaired) electrons. The molecule has 2 saturated heterocycles. The van der Waals surface area contributed by atoms with Crippen molar-refractivity contribution in [2.45, 2.75) is 51.2 Å². The van der Waals surface area contributed by atoms with Crippen LogP contribution in [0.2, 0.25) is 0 Å². The summed E-state index contributed by atoms with van der Waals surface area (Å²) in [6.45, 7) is 6.54. The first-order chi connectivity index (χ1) is 18.7. The Morgan fingerprint density at radius 3 is 2.64 bits per heavy atom. The summed E-state index contributed by atoms with van der Waals surface area (Å²) in [5, 5.41) is 19.4. The van der Waals surface area contributed by atoms with Crippen molar-refractivity contribution in [2.24, 2.45) is 5.41 Å². The minimum atomic E-state index is -1.01. The van der Waals surface area contributed by atoms with Crippen molar-refractivity contribution in [3.8, 4) is 11.3 Å². The number of nitrogens with zero attached hydrogens (tertiary/aromatic N) is 3. The number of benzene rings is 2. The van der Waals surface area contributed by atoms with Crippen LogP contribution in [0, 0.1) is 5.41 Å². The standard InChI is InChI=1S/C31H32N4O4/c1-30(2)19-35(18-20-3-5-21(6-4-20)27-11-14-39-34-27)13-12-31(30,38)24-7-9-26-22(16-24)15-23(17-32-26)25-8-10-28(36)33-29(25)37/h3-7,9,11,14-17,25,38H,8,10,12-13,18-19H2,1-2H3,(H,33,36,37). The van der Waals surface area contributed by atoms with Crippen LogP contribution in [0.15, 0.2) is 71.6 Å². The zero-order valence-electron chi connectivity index (χ0n) is 22.2. The number of carbonyl (C=O) groups is 2. The van der Waals surface area contributed by atoms with Crippen LogP contribution in [0.4, 0.5) is 0 Å². The second kappa shape index (κ2) is 9.70. The van der Waals surface area contributed by atoms with E-state index in [1.165, 1.54) is 5.56 Å². The van der Waals surface area contributed by atoms with Crippen LogP contribution >= 0.6 is 0 Å². The molecule has 6 rings (SSSR count). The van der Waals surface area contributed by atoms with Crippen molar-refractivity contribution in [1.29, 1.82) is 0 Å². The van der Waals surface area contributed by atoms with E-state index in [0.717, 1.165) is 52.9 Å². The Labute approximate surface area is 227 Å². The first kappa shape index (κ1) is 25.4. The van der Waals surface area contributed by atoms with E-state index >= 15 is 0 Å². The Kier molecular flexibility index (Phi) is 6.32. The van der Waals surface area contributed by atoms with E-state index in [1.54, 1.807) is 12.5 Å². The molecule has 2 amide bonds. The largest absolute Gasteiger partial charge is 0.385 e. The molecule has 2 unspecified atom stereocenters. The molecule has 39 heavy (non-hydrogen) atoms. The lowest BCUT2D eigenvalue weighted by molar-refractivity contribution is -0.134. The SMILES string of the molecule is CC1(C)CN(Cc2ccc(-c3ccon3)cc2)CCC1(O)c1ccc2ncc(C3CCC(=O)NC3=O)cc2c1. The molecule has 2 N–H and O–H groups in total. The number of rotatable bonds is 5. The fourth-order valence-electron chi connectivity index (χ4n) is 6.11. The van der Waals surface area contributed by atoms with E-state index in [-0.39, 0.29) is 11.8 Å². The molecule has 2 aliphatic heterocycles. The molecule has 4 aromatic rings. The maximum atomic E-state index is 12.4. The van der Waals surface area contributed by atoms with Crippen molar-refractivity contribution in [3.05, 3.63) is 83.7 Å². The average molecular weight is 525 g/mol. The van der Waals surface area contributed by atoms with Gasteiger partial charge in [-0.1, -0.05) is 49.3 Å². The van der Waals surface area contributed by atoms with Gasteiger partial charge in [-0.15, -0.1) is 0 Å². The van der Waals surface area contributed by atoms with Gasteiger partial charge in [0.2, 0.25) is 11.8 Å². The molecule has 2 aliphatic rings. The molecule has 0 spiro atoms. The number of hydrogen-bond donors (Lipinski definition) is 2. The molecule has 0 bridgehead atoms. The molecule has 2 aromatic carbocycles. The van der Waals surface area contributed by atoms with E-state index in [2.05, 4.69) is 58.5 Å². The van der Waals surface area contributed by atoms with E-state index < -0.39 is 16.9 Å². The van der Waals surface area contributed by atoms with Gasteiger partial charge in [0.05, 0.1) is 17.0 Å². The number of aromatic nitrogens is 2. The third kappa shape index (κ3) is 4.75. The monoisotopic (exact) mass is 524 g/mol. The normalized spacial score (nSPS) is 23.6. The number of aliphatic hydroxyl groups is 1. The third-order valence-corrected chi connectivity index (χ3v) is 8.44. The zero-order chi connectivity index (χ0) is 27.2. The summed E-state index contributed by atoms with van der Waals surface area (Å²) in [6, 6.07) is 18.1. The van der Waals surface area contributed by atoms with Gasteiger partial charge >= 0.3 is 0 Å². The van der Waals surface area contributed by atoms with E-state index in [9.17, 15) is 14.7 Å². The highest BCUT2D eigenvalue weighted by Crippen LogP contribution is 2.47. The first-order valence-electron chi connectivity index (χ1n) is 13.4. The quantitative estimate of drug-likeness (QED) is 0.369. The van der Waals surface area contributed by atoms with E-state index in [1.807, 2.05) is 30.3 Å². The van der Waals surface area contributed by atoms with Gasteiger partial charge in [0.25, 0.3) is 0 Å². The Hall–Kier alpha value is -3.88. The van der Waals surface area contributed by atoms with Crippen LogP contribution in [0.1, 0.15) is 55.7 Å².